The molecule has 29 heavy (non-hydrogen) atoms. The summed E-state index contributed by atoms with van der Waals surface area (Å²) in [4.78, 5) is 0. The number of ether oxygens (including phenoxy) is 2. The minimum Gasteiger partial charge on any atom is -0.497 e. The first-order valence-electron chi connectivity index (χ1n) is 10.4. The van der Waals surface area contributed by atoms with Gasteiger partial charge in [-0.25, -0.2) is 0 Å². The topological polar surface area (TPSA) is 65.7 Å². The number of methoxy groups -OCH3 is 1. The summed E-state index contributed by atoms with van der Waals surface area (Å²) < 4.78 is 19.4. The smallest absolute Gasteiger partial charge is 0.313 e. The summed E-state index contributed by atoms with van der Waals surface area (Å²) >= 11 is 0. The van der Waals surface area contributed by atoms with E-state index in [1.807, 2.05) is 38.1 Å². The summed E-state index contributed by atoms with van der Waals surface area (Å²) in [5.74, 6) is 0.837. The Morgan fingerprint density at radius 1 is 1.10 bits per heavy atom. The Kier molecular flexibility index (Phi) is 6.71. The lowest BCUT2D eigenvalue weighted by atomic mass is 9.80. The summed E-state index contributed by atoms with van der Waals surface area (Å²) in [6, 6.07) is 7.89. The van der Waals surface area contributed by atoms with Crippen molar-refractivity contribution < 1.29 is 19.2 Å². The lowest BCUT2D eigenvalue weighted by Crippen LogP contribution is -2.49. The number of benzene rings is 1. The van der Waals surface area contributed by atoms with E-state index in [-0.39, 0.29) is 0 Å². The standard InChI is InChI=1S/C22H33BN2O4/c1-21(2,26)22(3,4)29-23-20-18(24-25-13-7-6-8-19(20)25)15-28-14-16-9-11-17(27-5)12-10-16/h9-12,23,26H,6-8,13-15H2,1-5H3. The van der Waals surface area contributed by atoms with Gasteiger partial charge in [-0.2, -0.15) is 5.10 Å². The fourth-order valence-electron chi connectivity index (χ4n) is 3.31. The van der Waals surface area contributed by atoms with E-state index in [9.17, 15) is 5.11 Å². The van der Waals surface area contributed by atoms with Gasteiger partial charge in [0, 0.05) is 12.2 Å². The number of nitrogens with zero attached hydrogens (tertiary/aromatic N) is 2. The highest BCUT2D eigenvalue weighted by molar-refractivity contribution is 6.48. The largest absolute Gasteiger partial charge is 0.497 e. The number of aryl methyl sites for hydroxylation is 1. The molecular weight excluding hydrogens is 367 g/mol. The Morgan fingerprint density at radius 3 is 2.48 bits per heavy atom. The SMILES string of the molecule is COc1ccc(COCc2nn3c(c2BOC(C)(C)C(C)(C)O)CCCC3)cc1. The van der Waals surface area contributed by atoms with E-state index in [4.69, 9.17) is 19.2 Å². The van der Waals surface area contributed by atoms with Gasteiger partial charge >= 0.3 is 7.48 Å². The van der Waals surface area contributed by atoms with Gasteiger partial charge in [-0.1, -0.05) is 12.1 Å². The van der Waals surface area contributed by atoms with E-state index < -0.39 is 11.2 Å². The maximum atomic E-state index is 10.4. The van der Waals surface area contributed by atoms with Gasteiger partial charge in [-0.05, 0) is 70.1 Å². The van der Waals surface area contributed by atoms with Gasteiger partial charge < -0.3 is 19.2 Å². The molecule has 0 spiro atoms. The molecule has 0 bridgehead atoms. The first kappa shape index (κ1) is 21.9. The highest BCUT2D eigenvalue weighted by Gasteiger charge is 2.36. The number of rotatable bonds is 9. The zero-order valence-corrected chi connectivity index (χ0v) is 18.3. The highest BCUT2D eigenvalue weighted by Crippen LogP contribution is 2.25. The Bertz CT molecular complexity index is 809. The van der Waals surface area contributed by atoms with Crippen LogP contribution in [0.1, 0.15) is 57.5 Å². The third-order valence-corrected chi connectivity index (χ3v) is 6.00. The van der Waals surface area contributed by atoms with E-state index in [1.165, 1.54) is 12.1 Å². The Labute approximate surface area is 174 Å². The average Bonchev–Trinajstić information content (AvgIpc) is 3.03. The summed E-state index contributed by atoms with van der Waals surface area (Å²) in [5, 5.41) is 15.2. The molecule has 1 N–H and O–H groups in total. The van der Waals surface area contributed by atoms with Crippen LogP contribution in [0.2, 0.25) is 0 Å². The van der Waals surface area contributed by atoms with Gasteiger partial charge in [0.1, 0.15) is 5.75 Å². The van der Waals surface area contributed by atoms with Gasteiger partial charge in [0.2, 0.25) is 0 Å². The molecule has 0 atom stereocenters. The van der Waals surface area contributed by atoms with Crippen LogP contribution in [0.25, 0.3) is 0 Å². The van der Waals surface area contributed by atoms with Gasteiger partial charge in [-0.15, -0.1) is 0 Å². The summed E-state index contributed by atoms with van der Waals surface area (Å²) in [5.41, 5.74) is 2.77. The molecule has 0 radical (unpaired) electrons. The maximum Gasteiger partial charge on any atom is 0.313 e. The minimum atomic E-state index is -0.939. The van der Waals surface area contributed by atoms with Crippen LogP contribution in [0.3, 0.4) is 0 Å². The predicted octanol–water partition coefficient (Wildman–Crippen LogP) is 2.49. The summed E-state index contributed by atoms with van der Waals surface area (Å²) in [6.07, 6.45) is 3.32. The highest BCUT2D eigenvalue weighted by atomic mass is 16.5. The number of aromatic nitrogens is 2. The van der Waals surface area contributed by atoms with Crippen molar-refractivity contribution in [3.05, 3.63) is 41.2 Å². The van der Waals surface area contributed by atoms with E-state index in [0.29, 0.717) is 20.7 Å². The van der Waals surface area contributed by atoms with Crippen LogP contribution in [0, 0.1) is 0 Å². The van der Waals surface area contributed by atoms with Crippen LogP contribution >= 0.6 is 0 Å². The lowest BCUT2D eigenvalue weighted by Gasteiger charge is -2.37. The quantitative estimate of drug-likeness (QED) is 0.656. The molecule has 0 unspecified atom stereocenters. The number of aliphatic hydroxyl groups is 1. The molecule has 0 saturated heterocycles. The molecule has 0 amide bonds. The van der Waals surface area contributed by atoms with Crippen molar-refractivity contribution in [1.29, 1.82) is 0 Å². The monoisotopic (exact) mass is 400 g/mol. The van der Waals surface area contributed by atoms with Crippen LogP contribution in [-0.2, 0) is 35.6 Å². The second-order valence-corrected chi connectivity index (χ2v) is 8.75. The minimum absolute atomic E-state index is 0.424. The molecule has 2 heterocycles. The van der Waals surface area contributed by atoms with Gasteiger partial charge in [0.15, 0.2) is 0 Å². The van der Waals surface area contributed by atoms with E-state index in [0.717, 1.165) is 41.9 Å². The normalized spacial score (nSPS) is 14.6. The van der Waals surface area contributed by atoms with Crippen molar-refractivity contribution in [2.75, 3.05) is 7.11 Å². The van der Waals surface area contributed by atoms with Crippen LogP contribution < -0.4 is 10.2 Å². The molecule has 6 nitrogen and oxygen atoms in total. The number of fused-ring (bicyclic) bond motifs is 1. The molecule has 1 aliphatic rings. The maximum absolute atomic E-state index is 10.4. The molecule has 3 rings (SSSR count). The zero-order valence-electron chi connectivity index (χ0n) is 18.3. The Balaban J connectivity index is 1.69. The Morgan fingerprint density at radius 2 is 1.83 bits per heavy atom. The van der Waals surface area contributed by atoms with Crippen LogP contribution in [0.4, 0.5) is 0 Å². The average molecular weight is 400 g/mol. The predicted molar refractivity (Wildman–Crippen MR) is 115 cm³/mol. The third-order valence-electron chi connectivity index (χ3n) is 6.00. The molecule has 1 aromatic carbocycles. The van der Waals surface area contributed by atoms with Crippen molar-refractivity contribution in [3.8, 4) is 5.75 Å². The molecule has 1 aliphatic heterocycles. The number of hydrogen-bond acceptors (Lipinski definition) is 5. The van der Waals surface area contributed by atoms with Crippen LogP contribution in [-0.4, -0.2) is 40.7 Å². The van der Waals surface area contributed by atoms with Crippen LogP contribution in [0.5, 0.6) is 5.75 Å². The van der Waals surface area contributed by atoms with E-state index in [2.05, 4.69) is 4.68 Å². The second-order valence-electron chi connectivity index (χ2n) is 8.75. The summed E-state index contributed by atoms with van der Waals surface area (Å²) in [6.45, 7) is 9.29. The second kappa shape index (κ2) is 8.90. The first-order chi connectivity index (χ1) is 13.7. The number of hydrogen-bond donors (Lipinski definition) is 1. The third kappa shape index (κ3) is 5.21. The van der Waals surface area contributed by atoms with Crippen molar-refractivity contribution in [2.45, 2.75) is 77.9 Å². The molecule has 7 heteroatoms. The molecule has 0 fully saturated rings. The van der Waals surface area contributed by atoms with E-state index in [1.54, 1.807) is 21.0 Å². The molecule has 0 aliphatic carbocycles. The van der Waals surface area contributed by atoms with Gasteiger partial charge in [-0.3, -0.25) is 4.68 Å². The van der Waals surface area contributed by atoms with E-state index >= 15 is 0 Å². The summed E-state index contributed by atoms with van der Waals surface area (Å²) in [7, 11) is 2.09. The molecule has 2 aromatic rings. The van der Waals surface area contributed by atoms with Crippen LogP contribution in [0.15, 0.2) is 24.3 Å². The molecular formula is C22H33BN2O4. The van der Waals surface area contributed by atoms with Crippen molar-refractivity contribution in [2.24, 2.45) is 0 Å². The van der Waals surface area contributed by atoms with Crippen molar-refractivity contribution in [3.63, 3.8) is 0 Å². The van der Waals surface area contributed by atoms with Crippen molar-refractivity contribution >= 4 is 12.9 Å². The Hall–Kier alpha value is -1.83. The molecule has 158 valence electrons. The van der Waals surface area contributed by atoms with Crippen molar-refractivity contribution in [1.82, 2.24) is 9.78 Å². The molecule has 1 aromatic heterocycles. The first-order valence-corrected chi connectivity index (χ1v) is 10.4. The van der Waals surface area contributed by atoms with Gasteiger partial charge in [0.05, 0.1) is 37.2 Å². The lowest BCUT2D eigenvalue weighted by molar-refractivity contribution is -0.0893. The van der Waals surface area contributed by atoms with Gasteiger partial charge in [0.25, 0.3) is 0 Å². The fraction of sp³-hybridized carbons (Fsp3) is 0.591. The fourth-order valence-corrected chi connectivity index (χ4v) is 3.31. The molecule has 0 saturated carbocycles. The zero-order chi connectivity index (χ0) is 21.1.